The van der Waals surface area contributed by atoms with Crippen molar-refractivity contribution in [1.29, 1.82) is 0 Å². The average Bonchev–Trinajstić information content (AvgIpc) is 3.42. The van der Waals surface area contributed by atoms with E-state index >= 15 is 0 Å². The molecule has 1 atom stereocenters. The number of nitrogens with zero attached hydrogens (tertiary/aromatic N) is 2. The second-order valence-electron chi connectivity index (χ2n) is 7.23. The zero-order valence-electron chi connectivity index (χ0n) is 15.1. The number of benzene rings is 2. The second-order valence-corrected chi connectivity index (χ2v) is 7.23. The highest BCUT2D eigenvalue weighted by molar-refractivity contribution is 5.19. The molecule has 2 aromatic carbocycles. The summed E-state index contributed by atoms with van der Waals surface area (Å²) in [7, 11) is 1.98. The molecule has 0 amide bonds. The van der Waals surface area contributed by atoms with E-state index in [4.69, 9.17) is 0 Å². The van der Waals surface area contributed by atoms with Crippen LogP contribution in [-0.2, 0) is 13.1 Å². The molecule has 1 aliphatic carbocycles. The van der Waals surface area contributed by atoms with Crippen LogP contribution in [0.5, 0.6) is 0 Å². The SMILES string of the molecule is CN(Cc1ccccc1)CC(O)CN(Cc1ccc(F)cc1F)C1CC1. The zero-order valence-corrected chi connectivity index (χ0v) is 15.1. The first-order valence-electron chi connectivity index (χ1n) is 9.10. The highest BCUT2D eigenvalue weighted by Crippen LogP contribution is 2.29. The van der Waals surface area contributed by atoms with Crippen LogP contribution in [0.2, 0.25) is 0 Å². The molecule has 0 aliphatic heterocycles. The molecule has 0 aromatic heterocycles. The van der Waals surface area contributed by atoms with E-state index in [0.29, 0.717) is 31.2 Å². The second kappa shape index (κ2) is 8.71. The number of aliphatic hydroxyl groups is 1. The standard InChI is InChI=1S/C21H26F2N2O/c1-24(12-16-5-3-2-4-6-16)14-20(26)15-25(19-9-10-19)13-17-7-8-18(22)11-21(17)23/h2-8,11,19-20,26H,9-10,12-15H2,1H3. The predicted octanol–water partition coefficient (Wildman–Crippen LogP) is 3.42. The lowest BCUT2D eigenvalue weighted by Crippen LogP contribution is -2.39. The maximum atomic E-state index is 13.9. The quantitative estimate of drug-likeness (QED) is 0.742. The fourth-order valence-electron chi connectivity index (χ4n) is 3.30. The van der Waals surface area contributed by atoms with Gasteiger partial charge in [-0.2, -0.15) is 0 Å². The summed E-state index contributed by atoms with van der Waals surface area (Å²) in [4.78, 5) is 4.20. The van der Waals surface area contributed by atoms with Crippen molar-refractivity contribution in [3.63, 3.8) is 0 Å². The van der Waals surface area contributed by atoms with Crippen molar-refractivity contribution < 1.29 is 13.9 Å². The molecule has 1 aliphatic rings. The van der Waals surface area contributed by atoms with Gasteiger partial charge in [-0.25, -0.2) is 8.78 Å². The molecule has 5 heteroatoms. The summed E-state index contributed by atoms with van der Waals surface area (Å²) >= 11 is 0. The van der Waals surface area contributed by atoms with Crippen LogP contribution in [-0.4, -0.2) is 47.2 Å². The average molecular weight is 360 g/mol. The van der Waals surface area contributed by atoms with Gasteiger partial charge < -0.3 is 5.11 Å². The lowest BCUT2D eigenvalue weighted by Gasteiger charge is -2.27. The smallest absolute Gasteiger partial charge is 0.130 e. The summed E-state index contributed by atoms with van der Waals surface area (Å²) < 4.78 is 27.0. The Kier molecular flexibility index (Phi) is 6.35. The van der Waals surface area contributed by atoms with Gasteiger partial charge >= 0.3 is 0 Å². The van der Waals surface area contributed by atoms with Gasteiger partial charge in [-0.15, -0.1) is 0 Å². The van der Waals surface area contributed by atoms with Gasteiger partial charge in [0.05, 0.1) is 6.10 Å². The molecule has 26 heavy (non-hydrogen) atoms. The first-order chi connectivity index (χ1) is 12.5. The summed E-state index contributed by atoms with van der Waals surface area (Å²) in [5, 5.41) is 10.5. The molecule has 1 fully saturated rings. The van der Waals surface area contributed by atoms with Crippen LogP contribution >= 0.6 is 0 Å². The van der Waals surface area contributed by atoms with E-state index in [0.717, 1.165) is 25.5 Å². The van der Waals surface area contributed by atoms with Crippen LogP contribution in [0.15, 0.2) is 48.5 Å². The fourth-order valence-corrected chi connectivity index (χ4v) is 3.30. The van der Waals surface area contributed by atoms with Crippen LogP contribution in [0.1, 0.15) is 24.0 Å². The fraction of sp³-hybridized carbons (Fsp3) is 0.429. The number of aliphatic hydroxyl groups excluding tert-OH is 1. The molecule has 140 valence electrons. The maximum absolute atomic E-state index is 13.9. The molecule has 1 unspecified atom stereocenters. The van der Waals surface area contributed by atoms with E-state index in [1.54, 1.807) is 0 Å². The van der Waals surface area contributed by atoms with Gasteiger partial charge in [0.1, 0.15) is 11.6 Å². The van der Waals surface area contributed by atoms with E-state index in [9.17, 15) is 13.9 Å². The van der Waals surface area contributed by atoms with Crippen molar-refractivity contribution in [2.24, 2.45) is 0 Å². The molecule has 3 rings (SSSR count). The number of likely N-dealkylation sites (N-methyl/N-ethyl adjacent to an activating group) is 1. The number of halogens is 2. The summed E-state index contributed by atoms with van der Waals surface area (Å²) in [5.41, 5.74) is 1.68. The van der Waals surface area contributed by atoms with Gasteiger partial charge in [-0.05, 0) is 31.5 Å². The molecule has 0 saturated heterocycles. The summed E-state index contributed by atoms with van der Waals surface area (Å²) in [6.07, 6.45) is 1.61. The van der Waals surface area contributed by atoms with Crippen molar-refractivity contribution in [2.45, 2.75) is 38.1 Å². The molecule has 3 nitrogen and oxygen atoms in total. The molecule has 1 saturated carbocycles. The van der Waals surface area contributed by atoms with Crippen LogP contribution in [0, 0.1) is 11.6 Å². The summed E-state index contributed by atoms with van der Waals surface area (Å²) in [6, 6.07) is 14.2. The van der Waals surface area contributed by atoms with Crippen LogP contribution in [0.3, 0.4) is 0 Å². The minimum absolute atomic E-state index is 0.383. The van der Waals surface area contributed by atoms with Crippen molar-refractivity contribution in [2.75, 3.05) is 20.1 Å². The Morgan fingerprint density at radius 1 is 1.04 bits per heavy atom. The first-order valence-corrected chi connectivity index (χ1v) is 9.10. The normalized spacial score (nSPS) is 15.6. The lowest BCUT2D eigenvalue weighted by atomic mass is 10.1. The number of rotatable bonds is 9. The number of hydrogen-bond acceptors (Lipinski definition) is 3. The van der Waals surface area contributed by atoms with E-state index in [1.807, 2.05) is 25.2 Å². The van der Waals surface area contributed by atoms with Crippen molar-refractivity contribution >= 4 is 0 Å². The Labute approximate surface area is 153 Å². The Morgan fingerprint density at radius 3 is 2.42 bits per heavy atom. The molecular formula is C21H26F2N2O. The Bertz CT molecular complexity index is 706. The van der Waals surface area contributed by atoms with Crippen molar-refractivity contribution in [3.8, 4) is 0 Å². The van der Waals surface area contributed by atoms with E-state index in [2.05, 4.69) is 21.9 Å². The van der Waals surface area contributed by atoms with Gasteiger partial charge in [0, 0.05) is 43.9 Å². The molecule has 0 radical (unpaired) electrons. The van der Waals surface area contributed by atoms with Gasteiger partial charge in [-0.3, -0.25) is 9.80 Å². The molecule has 2 aromatic rings. The van der Waals surface area contributed by atoms with Gasteiger partial charge in [0.2, 0.25) is 0 Å². The molecule has 0 spiro atoms. The first kappa shape index (κ1) is 19.0. The minimum atomic E-state index is -0.563. The third-order valence-corrected chi connectivity index (χ3v) is 4.71. The van der Waals surface area contributed by atoms with Crippen molar-refractivity contribution in [1.82, 2.24) is 9.80 Å². The van der Waals surface area contributed by atoms with Gasteiger partial charge in [-0.1, -0.05) is 36.4 Å². The highest BCUT2D eigenvalue weighted by Gasteiger charge is 2.31. The zero-order chi connectivity index (χ0) is 18.5. The van der Waals surface area contributed by atoms with Crippen LogP contribution in [0.25, 0.3) is 0 Å². The summed E-state index contributed by atoms with van der Waals surface area (Å²) in [5.74, 6) is -1.09. The molecule has 1 N–H and O–H groups in total. The predicted molar refractivity (Wildman–Crippen MR) is 98.6 cm³/mol. The topological polar surface area (TPSA) is 26.7 Å². The lowest BCUT2D eigenvalue weighted by molar-refractivity contribution is 0.0733. The third-order valence-electron chi connectivity index (χ3n) is 4.71. The van der Waals surface area contributed by atoms with Gasteiger partial charge in [0.15, 0.2) is 0 Å². The Hall–Kier alpha value is -1.82. The Balaban J connectivity index is 1.54. The Morgan fingerprint density at radius 2 is 1.77 bits per heavy atom. The monoisotopic (exact) mass is 360 g/mol. The van der Waals surface area contributed by atoms with E-state index in [1.165, 1.54) is 17.7 Å². The highest BCUT2D eigenvalue weighted by atomic mass is 19.1. The molecular weight excluding hydrogens is 334 g/mol. The summed E-state index contributed by atoms with van der Waals surface area (Å²) in [6.45, 7) is 2.20. The maximum Gasteiger partial charge on any atom is 0.130 e. The minimum Gasteiger partial charge on any atom is -0.390 e. The van der Waals surface area contributed by atoms with Gasteiger partial charge in [0.25, 0.3) is 0 Å². The largest absolute Gasteiger partial charge is 0.390 e. The van der Waals surface area contributed by atoms with E-state index in [-0.39, 0.29) is 0 Å². The van der Waals surface area contributed by atoms with E-state index < -0.39 is 17.7 Å². The molecule has 0 heterocycles. The van der Waals surface area contributed by atoms with Crippen LogP contribution in [0.4, 0.5) is 8.78 Å². The van der Waals surface area contributed by atoms with Crippen LogP contribution < -0.4 is 0 Å². The third kappa shape index (κ3) is 5.59. The van der Waals surface area contributed by atoms with Crippen molar-refractivity contribution in [3.05, 3.63) is 71.3 Å². The number of hydrogen-bond donors (Lipinski definition) is 1. The molecule has 0 bridgehead atoms.